The molecule has 152 valence electrons. The zero-order valence-corrected chi connectivity index (χ0v) is 16.8. The van der Waals surface area contributed by atoms with Crippen LogP contribution in [0.1, 0.15) is 35.3 Å². The Hall–Kier alpha value is -3.15. The summed E-state index contributed by atoms with van der Waals surface area (Å²) in [5, 5.41) is 7.30. The molecule has 3 rings (SSSR count). The van der Waals surface area contributed by atoms with E-state index in [2.05, 4.69) is 10.2 Å². The summed E-state index contributed by atoms with van der Waals surface area (Å²) in [6.45, 7) is 0.702. The Balaban J connectivity index is 1.41. The highest BCUT2D eigenvalue weighted by molar-refractivity contribution is 5.94. The summed E-state index contributed by atoms with van der Waals surface area (Å²) in [4.78, 5) is 14.2. The van der Waals surface area contributed by atoms with Gasteiger partial charge in [-0.3, -0.25) is 9.89 Å². The van der Waals surface area contributed by atoms with Crippen molar-refractivity contribution < 1.29 is 13.9 Å². The summed E-state index contributed by atoms with van der Waals surface area (Å²) in [7, 11) is 3.41. The number of unbranched alkanes of at least 4 members (excludes halogenated alkanes) is 2. The lowest BCUT2D eigenvalue weighted by Crippen LogP contribution is -2.27. The van der Waals surface area contributed by atoms with E-state index in [0.717, 1.165) is 42.6 Å². The number of carbonyl (C=O) groups excluding carboxylic acids is 1. The number of methoxy groups -OCH3 is 1. The number of amides is 1. The number of aromatic amines is 1. The van der Waals surface area contributed by atoms with Gasteiger partial charge < -0.3 is 9.64 Å². The molecule has 0 aliphatic rings. The summed E-state index contributed by atoms with van der Waals surface area (Å²) in [5.41, 5.74) is 3.19. The van der Waals surface area contributed by atoms with E-state index >= 15 is 0 Å². The van der Waals surface area contributed by atoms with E-state index in [4.69, 9.17) is 4.74 Å². The molecule has 0 saturated carbocycles. The highest BCUT2D eigenvalue weighted by Crippen LogP contribution is 2.19. The second-order valence-electron chi connectivity index (χ2n) is 7.06. The number of H-pyrrole nitrogens is 1. The molecular weight excluding hydrogens is 369 g/mol. The standard InChI is InChI=1S/C23H26FN3O2/c1-27(23(28)18-9-7-12-21(15-18)29-2)13-5-3-4-11-20-16-22(26-25-20)17-8-6-10-19(24)14-17/h6-10,12,14-16H,3-5,11,13H2,1-2H3,(H,25,26). The van der Waals surface area contributed by atoms with E-state index in [1.165, 1.54) is 12.1 Å². The van der Waals surface area contributed by atoms with Crippen LogP contribution < -0.4 is 4.74 Å². The maximum atomic E-state index is 13.3. The van der Waals surface area contributed by atoms with Gasteiger partial charge in [-0.2, -0.15) is 5.10 Å². The SMILES string of the molecule is COc1cccc(C(=O)N(C)CCCCCc2cc(-c3cccc(F)c3)n[nH]2)c1. The van der Waals surface area contributed by atoms with E-state index in [-0.39, 0.29) is 11.7 Å². The lowest BCUT2D eigenvalue weighted by Gasteiger charge is -2.17. The van der Waals surface area contributed by atoms with E-state index in [1.807, 2.05) is 31.3 Å². The van der Waals surface area contributed by atoms with Gasteiger partial charge in [0.15, 0.2) is 0 Å². The van der Waals surface area contributed by atoms with Gasteiger partial charge in [-0.05, 0) is 55.7 Å². The second-order valence-corrected chi connectivity index (χ2v) is 7.06. The molecule has 0 fully saturated rings. The molecule has 2 aromatic carbocycles. The summed E-state index contributed by atoms with van der Waals surface area (Å²) in [6, 6.07) is 15.6. The maximum absolute atomic E-state index is 13.3. The number of ether oxygens (including phenoxy) is 1. The number of carbonyl (C=O) groups is 1. The molecule has 1 aromatic heterocycles. The number of hydrogen-bond donors (Lipinski definition) is 1. The first-order valence-corrected chi connectivity index (χ1v) is 9.76. The van der Waals surface area contributed by atoms with Gasteiger partial charge in [0.25, 0.3) is 5.91 Å². The average Bonchev–Trinajstić information content (AvgIpc) is 3.22. The number of nitrogens with one attached hydrogen (secondary N) is 1. The minimum Gasteiger partial charge on any atom is -0.497 e. The molecule has 1 amide bonds. The zero-order valence-electron chi connectivity index (χ0n) is 16.8. The monoisotopic (exact) mass is 395 g/mol. The van der Waals surface area contributed by atoms with Crippen LogP contribution in [0.15, 0.2) is 54.6 Å². The van der Waals surface area contributed by atoms with Crippen molar-refractivity contribution >= 4 is 5.91 Å². The third-order valence-electron chi connectivity index (χ3n) is 4.85. The number of hydrogen-bond acceptors (Lipinski definition) is 3. The van der Waals surface area contributed by atoms with E-state index in [9.17, 15) is 9.18 Å². The molecule has 0 saturated heterocycles. The van der Waals surface area contributed by atoms with Crippen LogP contribution >= 0.6 is 0 Å². The minimum atomic E-state index is -0.264. The largest absolute Gasteiger partial charge is 0.497 e. The Labute approximate surface area is 170 Å². The molecule has 0 unspecified atom stereocenters. The molecule has 0 atom stereocenters. The summed E-state index contributed by atoms with van der Waals surface area (Å²) >= 11 is 0. The van der Waals surface area contributed by atoms with Gasteiger partial charge in [0.1, 0.15) is 11.6 Å². The topological polar surface area (TPSA) is 58.2 Å². The minimum absolute atomic E-state index is 0.00259. The molecule has 5 nitrogen and oxygen atoms in total. The first kappa shape index (κ1) is 20.6. The fraction of sp³-hybridized carbons (Fsp3) is 0.304. The lowest BCUT2D eigenvalue weighted by molar-refractivity contribution is 0.0792. The van der Waals surface area contributed by atoms with Crippen molar-refractivity contribution in [2.75, 3.05) is 20.7 Å². The van der Waals surface area contributed by atoms with Crippen molar-refractivity contribution in [3.05, 3.63) is 71.7 Å². The maximum Gasteiger partial charge on any atom is 0.253 e. The number of aromatic nitrogens is 2. The predicted octanol–water partition coefficient (Wildman–Crippen LogP) is 4.71. The van der Waals surface area contributed by atoms with Crippen LogP contribution in [0.5, 0.6) is 5.75 Å². The molecule has 0 radical (unpaired) electrons. The van der Waals surface area contributed by atoms with Crippen molar-refractivity contribution in [3.63, 3.8) is 0 Å². The summed E-state index contributed by atoms with van der Waals surface area (Å²) in [5.74, 6) is 0.415. The molecular formula is C23H26FN3O2. The van der Waals surface area contributed by atoms with Crippen LogP contribution in [0, 0.1) is 5.82 Å². The molecule has 29 heavy (non-hydrogen) atoms. The Morgan fingerprint density at radius 1 is 1.10 bits per heavy atom. The molecule has 0 aliphatic heterocycles. The fourth-order valence-electron chi connectivity index (χ4n) is 3.20. The van der Waals surface area contributed by atoms with Gasteiger partial charge in [-0.15, -0.1) is 0 Å². The lowest BCUT2D eigenvalue weighted by atomic mass is 10.1. The number of rotatable bonds is 9. The van der Waals surface area contributed by atoms with Crippen LogP contribution in [-0.2, 0) is 6.42 Å². The van der Waals surface area contributed by atoms with Crippen molar-refractivity contribution in [1.82, 2.24) is 15.1 Å². The summed E-state index contributed by atoms with van der Waals surface area (Å²) in [6.07, 6.45) is 3.79. The van der Waals surface area contributed by atoms with Gasteiger partial charge in [0, 0.05) is 30.4 Å². The molecule has 3 aromatic rings. The smallest absolute Gasteiger partial charge is 0.253 e. The highest BCUT2D eigenvalue weighted by Gasteiger charge is 2.12. The molecule has 6 heteroatoms. The van der Waals surface area contributed by atoms with Crippen molar-refractivity contribution in [2.24, 2.45) is 0 Å². The Kier molecular flexibility index (Phi) is 7.00. The zero-order chi connectivity index (χ0) is 20.6. The molecule has 0 aliphatic carbocycles. The number of halogens is 1. The van der Waals surface area contributed by atoms with Crippen LogP contribution in [0.4, 0.5) is 4.39 Å². The molecule has 1 N–H and O–H groups in total. The van der Waals surface area contributed by atoms with E-state index < -0.39 is 0 Å². The molecule has 0 bridgehead atoms. The normalized spacial score (nSPS) is 10.7. The van der Waals surface area contributed by atoms with Crippen molar-refractivity contribution in [3.8, 4) is 17.0 Å². The van der Waals surface area contributed by atoms with E-state index in [1.54, 1.807) is 30.2 Å². The average molecular weight is 395 g/mol. The number of nitrogens with zero attached hydrogens (tertiary/aromatic N) is 2. The highest BCUT2D eigenvalue weighted by atomic mass is 19.1. The first-order chi connectivity index (χ1) is 14.1. The third-order valence-corrected chi connectivity index (χ3v) is 4.85. The first-order valence-electron chi connectivity index (χ1n) is 9.76. The van der Waals surface area contributed by atoms with Gasteiger partial charge in [0.05, 0.1) is 12.8 Å². The predicted molar refractivity (Wildman–Crippen MR) is 111 cm³/mol. The number of aryl methyl sites for hydroxylation is 1. The van der Waals surface area contributed by atoms with Crippen LogP contribution in [-0.4, -0.2) is 41.7 Å². The quantitative estimate of drug-likeness (QED) is 0.534. The van der Waals surface area contributed by atoms with Crippen LogP contribution in [0.2, 0.25) is 0 Å². The van der Waals surface area contributed by atoms with Crippen LogP contribution in [0.3, 0.4) is 0 Å². The van der Waals surface area contributed by atoms with Crippen LogP contribution in [0.25, 0.3) is 11.3 Å². The Bertz CT molecular complexity index is 955. The number of benzene rings is 2. The van der Waals surface area contributed by atoms with E-state index in [0.29, 0.717) is 17.9 Å². The fourth-order valence-corrected chi connectivity index (χ4v) is 3.20. The van der Waals surface area contributed by atoms with Gasteiger partial charge >= 0.3 is 0 Å². The second kappa shape index (κ2) is 9.87. The molecule has 1 heterocycles. The Morgan fingerprint density at radius 2 is 1.93 bits per heavy atom. The van der Waals surface area contributed by atoms with Gasteiger partial charge in [0.2, 0.25) is 0 Å². The third kappa shape index (κ3) is 5.67. The van der Waals surface area contributed by atoms with Gasteiger partial charge in [-0.1, -0.05) is 24.6 Å². The van der Waals surface area contributed by atoms with Crippen molar-refractivity contribution in [1.29, 1.82) is 0 Å². The summed E-state index contributed by atoms with van der Waals surface area (Å²) < 4.78 is 18.5. The van der Waals surface area contributed by atoms with Crippen molar-refractivity contribution in [2.45, 2.75) is 25.7 Å². The van der Waals surface area contributed by atoms with Gasteiger partial charge in [-0.25, -0.2) is 4.39 Å². The Morgan fingerprint density at radius 3 is 2.72 bits per heavy atom. The molecule has 0 spiro atoms.